The first-order valence-corrected chi connectivity index (χ1v) is 7.06. The Labute approximate surface area is 131 Å². The minimum absolute atomic E-state index is 0.242. The largest absolute Gasteiger partial charge is 0.479 e. The number of hydrogen-bond donors (Lipinski definition) is 5. The second-order valence-corrected chi connectivity index (χ2v) is 5.84. The van der Waals surface area contributed by atoms with Crippen LogP contribution in [0.1, 0.15) is 20.3 Å². The highest BCUT2D eigenvalue weighted by Crippen LogP contribution is 2.35. The van der Waals surface area contributed by atoms with Gasteiger partial charge in [-0.25, -0.2) is 4.79 Å². The molecule has 130 valence electrons. The van der Waals surface area contributed by atoms with E-state index in [1.807, 2.05) is 0 Å². The van der Waals surface area contributed by atoms with Crippen molar-refractivity contribution in [3.8, 4) is 0 Å². The summed E-state index contributed by atoms with van der Waals surface area (Å²) in [4.78, 5) is 34.8. The predicted octanol–water partition coefficient (Wildman–Crippen LogP) is -2.66. The van der Waals surface area contributed by atoms with Crippen molar-refractivity contribution in [1.82, 2.24) is 5.32 Å². The van der Waals surface area contributed by atoms with Crippen LogP contribution in [0.2, 0.25) is 0 Å². The summed E-state index contributed by atoms with van der Waals surface area (Å²) in [5.74, 6) is -2.87. The van der Waals surface area contributed by atoms with Crippen LogP contribution in [0.25, 0.3) is 0 Å². The van der Waals surface area contributed by atoms with Crippen molar-refractivity contribution in [3.63, 3.8) is 0 Å². The van der Waals surface area contributed by atoms with Crippen LogP contribution in [0.5, 0.6) is 0 Å². The quantitative estimate of drug-likeness (QED) is 0.345. The van der Waals surface area contributed by atoms with Crippen LogP contribution in [-0.4, -0.2) is 75.0 Å². The Kier molecular flexibility index (Phi) is 4.74. The molecule has 0 bridgehead atoms. The number of carboxylic acids is 1. The maximum Gasteiger partial charge on any atom is 0.335 e. The maximum atomic E-state index is 11.9. The van der Waals surface area contributed by atoms with Gasteiger partial charge in [-0.05, 0) is 13.3 Å². The van der Waals surface area contributed by atoms with Gasteiger partial charge in [0.15, 0.2) is 18.5 Å². The monoisotopic (exact) mass is 333 g/mol. The number of ether oxygens (including phenoxy) is 2. The van der Waals surface area contributed by atoms with Gasteiger partial charge < -0.3 is 29.9 Å². The van der Waals surface area contributed by atoms with Crippen LogP contribution in [0, 0.1) is 5.41 Å². The third-order valence-electron chi connectivity index (χ3n) is 4.39. The van der Waals surface area contributed by atoms with Crippen LogP contribution in [-0.2, 0) is 23.9 Å². The minimum atomic E-state index is -1.86. The molecule has 7 atom stereocenters. The normalized spacial score (nSPS) is 44.2. The number of aliphatic hydroxyl groups excluding tert-OH is 3. The molecule has 0 aromatic carbocycles. The SMILES string of the molecule is CCC1(C)C(=O)NC(=O)C1O[C@@H]1O[C@H](C(=O)O)[C@@H](O)[C@H](O)[C@H]1O. The van der Waals surface area contributed by atoms with E-state index in [0.29, 0.717) is 0 Å². The average molecular weight is 333 g/mol. The molecule has 2 unspecified atom stereocenters. The van der Waals surface area contributed by atoms with Gasteiger partial charge in [0.2, 0.25) is 5.91 Å². The molecule has 2 aliphatic rings. The summed E-state index contributed by atoms with van der Waals surface area (Å²) in [6.07, 6.45) is -10.1. The number of aliphatic hydroxyl groups is 3. The van der Waals surface area contributed by atoms with Gasteiger partial charge in [-0.15, -0.1) is 0 Å². The number of amides is 2. The number of nitrogens with one attached hydrogen (secondary N) is 1. The van der Waals surface area contributed by atoms with Crippen LogP contribution in [0.3, 0.4) is 0 Å². The fourth-order valence-electron chi connectivity index (χ4n) is 2.59. The van der Waals surface area contributed by atoms with E-state index in [2.05, 4.69) is 5.32 Å². The molecule has 2 fully saturated rings. The van der Waals surface area contributed by atoms with Gasteiger partial charge >= 0.3 is 5.97 Å². The topological polar surface area (TPSA) is 163 Å². The molecule has 10 heteroatoms. The van der Waals surface area contributed by atoms with Gasteiger partial charge in [0.05, 0.1) is 5.41 Å². The second kappa shape index (κ2) is 6.13. The predicted molar refractivity (Wildman–Crippen MR) is 70.7 cm³/mol. The molecule has 0 spiro atoms. The lowest BCUT2D eigenvalue weighted by molar-refractivity contribution is -0.306. The zero-order valence-electron chi connectivity index (χ0n) is 12.5. The number of carbonyl (C=O) groups excluding carboxylic acids is 2. The first-order chi connectivity index (χ1) is 10.6. The van der Waals surface area contributed by atoms with Crippen LogP contribution in [0.4, 0.5) is 0 Å². The van der Waals surface area contributed by atoms with E-state index in [-0.39, 0.29) is 6.42 Å². The molecule has 2 aliphatic heterocycles. The number of imide groups is 1. The molecule has 5 N–H and O–H groups in total. The number of hydrogen-bond acceptors (Lipinski definition) is 8. The van der Waals surface area contributed by atoms with Gasteiger partial charge in [-0.3, -0.25) is 14.9 Å². The van der Waals surface area contributed by atoms with Crippen molar-refractivity contribution >= 4 is 17.8 Å². The smallest absolute Gasteiger partial charge is 0.335 e. The molecule has 2 heterocycles. The average Bonchev–Trinajstić information content (AvgIpc) is 2.70. The Balaban J connectivity index is 2.22. The Bertz CT molecular complexity index is 524. The van der Waals surface area contributed by atoms with E-state index in [1.54, 1.807) is 6.92 Å². The number of carboxylic acid groups (broad SMARTS) is 1. The standard InChI is InChI=1S/C13H19NO9/c1-3-13(2)8(9(18)14-12(13)21)23-11-6(17)4(15)5(16)7(22-11)10(19)20/h4-8,11,15-17H,3H2,1-2H3,(H,19,20)(H,14,18,21)/t4-,5-,6+,7-,8?,11-,13?/m0/s1. The number of carbonyl (C=O) groups is 3. The van der Waals surface area contributed by atoms with Gasteiger partial charge in [-0.2, -0.15) is 0 Å². The lowest BCUT2D eigenvalue weighted by atomic mass is 9.83. The summed E-state index contributed by atoms with van der Waals surface area (Å²) < 4.78 is 10.3. The maximum absolute atomic E-state index is 11.9. The number of rotatable bonds is 4. The van der Waals surface area contributed by atoms with E-state index in [4.69, 9.17) is 14.6 Å². The van der Waals surface area contributed by atoms with Crippen molar-refractivity contribution in [1.29, 1.82) is 0 Å². The van der Waals surface area contributed by atoms with Crippen LogP contribution in [0.15, 0.2) is 0 Å². The molecule has 10 nitrogen and oxygen atoms in total. The molecule has 0 saturated carbocycles. The number of aliphatic carboxylic acids is 1. The Morgan fingerprint density at radius 3 is 2.39 bits per heavy atom. The van der Waals surface area contributed by atoms with E-state index >= 15 is 0 Å². The molecular weight excluding hydrogens is 314 g/mol. The Morgan fingerprint density at radius 2 is 1.87 bits per heavy atom. The van der Waals surface area contributed by atoms with Gasteiger partial charge in [0, 0.05) is 0 Å². The zero-order valence-corrected chi connectivity index (χ0v) is 12.5. The van der Waals surface area contributed by atoms with Crippen molar-refractivity contribution in [2.75, 3.05) is 0 Å². The zero-order chi connectivity index (χ0) is 17.5. The summed E-state index contributed by atoms with van der Waals surface area (Å²) in [6, 6.07) is 0. The van der Waals surface area contributed by atoms with Crippen molar-refractivity contribution < 1.29 is 44.3 Å². The van der Waals surface area contributed by atoms with Gasteiger partial charge in [0.25, 0.3) is 5.91 Å². The van der Waals surface area contributed by atoms with Gasteiger partial charge in [0.1, 0.15) is 18.3 Å². The first kappa shape index (κ1) is 17.8. The summed E-state index contributed by atoms with van der Waals surface area (Å²) in [5.41, 5.74) is -1.22. The summed E-state index contributed by atoms with van der Waals surface area (Å²) in [6.45, 7) is 3.14. The molecule has 0 aromatic heterocycles. The van der Waals surface area contributed by atoms with Crippen molar-refractivity contribution in [3.05, 3.63) is 0 Å². The fraction of sp³-hybridized carbons (Fsp3) is 0.769. The van der Waals surface area contributed by atoms with E-state index in [1.165, 1.54) is 6.92 Å². The van der Waals surface area contributed by atoms with Crippen LogP contribution >= 0.6 is 0 Å². The van der Waals surface area contributed by atoms with E-state index in [9.17, 15) is 29.7 Å². The third-order valence-corrected chi connectivity index (χ3v) is 4.39. The fourth-order valence-corrected chi connectivity index (χ4v) is 2.59. The molecule has 2 amide bonds. The van der Waals surface area contributed by atoms with Crippen molar-refractivity contribution in [2.45, 2.75) is 57.1 Å². The lowest BCUT2D eigenvalue weighted by Gasteiger charge is -2.40. The molecule has 2 rings (SSSR count). The second-order valence-electron chi connectivity index (χ2n) is 5.84. The molecule has 0 aliphatic carbocycles. The van der Waals surface area contributed by atoms with Crippen molar-refractivity contribution in [2.24, 2.45) is 5.41 Å². The highest BCUT2D eigenvalue weighted by molar-refractivity contribution is 6.08. The Hall–Kier alpha value is -1.59. The van der Waals surface area contributed by atoms with Gasteiger partial charge in [-0.1, -0.05) is 6.92 Å². The summed E-state index contributed by atoms with van der Waals surface area (Å²) in [7, 11) is 0. The lowest BCUT2D eigenvalue weighted by Crippen LogP contribution is -2.61. The molecule has 2 saturated heterocycles. The molecule has 23 heavy (non-hydrogen) atoms. The highest BCUT2D eigenvalue weighted by Gasteiger charge is 2.55. The summed E-state index contributed by atoms with van der Waals surface area (Å²) in [5, 5.41) is 40.3. The summed E-state index contributed by atoms with van der Waals surface area (Å²) >= 11 is 0. The highest BCUT2D eigenvalue weighted by atomic mass is 16.7. The van der Waals surface area contributed by atoms with E-state index in [0.717, 1.165) is 0 Å². The minimum Gasteiger partial charge on any atom is -0.479 e. The first-order valence-electron chi connectivity index (χ1n) is 7.06. The third kappa shape index (κ3) is 2.83. The van der Waals surface area contributed by atoms with Crippen LogP contribution < -0.4 is 5.32 Å². The molecule has 0 aromatic rings. The molecular formula is C13H19NO9. The molecule has 0 radical (unpaired) electrons. The Morgan fingerprint density at radius 1 is 1.26 bits per heavy atom. The van der Waals surface area contributed by atoms with E-state index < -0.39 is 60.0 Å².